The Bertz CT molecular complexity index is 900. The van der Waals surface area contributed by atoms with Crippen molar-refractivity contribution >= 4 is 21.6 Å². The highest BCUT2D eigenvalue weighted by molar-refractivity contribution is 7.92. The number of hydrogen-bond donors (Lipinski definition) is 1. The molecule has 0 aromatic heterocycles. The molecule has 1 unspecified atom stereocenters. The molecule has 0 aliphatic rings. The predicted molar refractivity (Wildman–Crippen MR) is 95.8 cm³/mol. The zero-order valence-electron chi connectivity index (χ0n) is 14.7. The Balaban J connectivity index is 2.46. The number of halogens is 3. The van der Waals surface area contributed by atoms with Crippen LogP contribution in [0.3, 0.4) is 0 Å². The lowest BCUT2D eigenvalue weighted by Crippen LogP contribution is -2.49. The van der Waals surface area contributed by atoms with Gasteiger partial charge < -0.3 is 5.32 Å². The molecule has 0 saturated carbocycles. The number of nitrogens with one attached hydrogen (secondary N) is 1. The second kappa shape index (κ2) is 7.99. The second-order valence-electron chi connectivity index (χ2n) is 5.96. The molecule has 2 aromatic carbocycles. The van der Waals surface area contributed by atoms with E-state index < -0.39 is 34.7 Å². The van der Waals surface area contributed by atoms with Crippen LogP contribution < -0.4 is 9.62 Å². The standard InChI is InChI=1S/C18H19F3N2O3S/c1-13-7-6-8-15(11-13)23(14(2)17(24)22-12-18(19,20)21)27(25,26)16-9-4-3-5-10-16/h3-11,14H,12H2,1-2H3,(H,22,24). The van der Waals surface area contributed by atoms with Crippen LogP contribution in [0, 0.1) is 6.92 Å². The van der Waals surface area contributed by atoms with E-state index in [0.717, 1.165) is 9.87 Å². The minimum Gasteiger partial charge on any atom is -0.345 e. The van der Waals surface area contributed by atoms with Crippen molar-refractivity contribution in [3.05, 3.63) is 60.2 Å². The van der Waals surface area contributed by atoms with Gasteiger partial charge in [-0.1, -0.05) is 30.3 Å². The van der Waals surface area contributed by atoms with E-state index in [1.807, 2.05) is 0 Å². The van der Waals surface area contributed by atoms with Gasteiger partial charge in [0, 0.05) is 0 Å². The van der Waals surface area contributed by atoms with Crippen LogP contribution in [0.25, 0.3) is 0 Å². The first-order chi connectivity index (χ1) is 12.5. The van der Waals surface area contributed by atoms with Gasteiger partial charge in [0.25, 0.3) is 10.0 Å². The summed E-state index contributed by atoms with van der Waals surface area (Å²) in [5.41, 5.74) is 0.928. The molecule has 0 spiro atoms. The summed E-state index contributed by atoms with van der Waals surface area (Å²) in [6.07, 6.45) is -4.60. The number of carbonyl (C=O) groups excluding carboxylic acids is 1. The van der Waals surface area contributed by atoms with Crippen LogP contribution in [0.4, 0.5) is 18.9 Å². The normalized spacial score (nSPS) is 13.1. The third kappa shape index (κ3) is 5.22. The molecular weight excluding hydrogens is 381 g/mol. The van der Waals surface area contributed by atoms with Crippen LogP contribution in [0.15, 0.2) is 59.5 Å². The topological polar surface area (TPSA) is 66.5 Å². The molecule has 1 N–H and O–H groups in total. The Labute approximate surface area is 155 Å². The smallest absolute Gasteiger partial charge is 0.345 e. The van der Waals surface area contributed by atoms with Crippen LogP contribution in [0.1, 0.15) is 12.5 Å². The number of rotatable bonds is 6. The van der Waals surface area contributed by atoms with Crippen molar-refractivity contribution in [1.82, 2.24) is 5.32 Å². The first kappa shape index (κ1) is 20.8. The predicted octanol–water partition coefficient (Wildman–Crippen LogP) is 3.26. The molecular formula is C18H19F3N2O3S. The lowest BCUT2D eigenvalue weighted by atomic mass is 10.2. The van der Waals surface area contributed by atoms with E-state index in [2.05, 4.69) is 0 Å². The first-order valence-electron chi connectivity index (χ1n) is 8.03. The summed E-state index contributed by atoms with van der Waals surface area (Å²) in [6.45, 7) is 1.45. The summed E-state index contributed by atoms with van der Waals surface area (Å²) in [4.78, 5) is 12.2. The number of benzene rings is 2. The molecule has 0 fully saturated rings. The largest absolute Gasteiger partial charge is 0.405 e. The average molecular weight is 400 g/mol. The van der Waals surface area contributed by atoms with Crippen LogP contribution in [-0.2, 0) is 14.8 Å². The van der Waals surface area contributed by atoms with Crippen molar-refractivity contribution in [3.8, 4) is 0 Å². The molecule has 0 saturated heterocycles. The van der Waals surface area contributed by atoms with Crippen LogP contribution in [0.2, 0.25) is 0 Å². The molecule has 2 aromatic rings. The summed E-state index contributed by atoms with van der Waals surface area (Å²) in [5, 5.41) is 1.74. The fourth-order valence-corrected chi connectivity index (χ4v) is 4.11. The van der Waals surface area contributed by atoms with E-state index in [0.29, 0.717) is 0 Å². The van der Waals surface area contributed by atoms with Crippen molar-refractivity contribution < 1.29 is 26.4 Å². The van der Waals surface area contributed by atoms with Gasteiger partial charge in [0.15, 0.2) is 0 Å². The van der Waals surface area contributed by atoms with E-state index >= 15 is 0 Å². The molecule has 2 rings (SSSR count). The van der Waals surface area contributed by atoms with Crippen molar-refractivity contribution in [2.24, 2.45) is 0 Å². The maximum absolute atomic E-state index is 13.1. The molecule has 9 heteroatoms. The van der Waals surface area contributed by atoms with E-state index in [9.17, 15) is 26.4 Å². The lowest BCUT2D eigenvalue weighted by molar-refractivity contribution is -0.138. The number of alkyl halides is 3. The maximum Gasteiger partial charge on any atom is 0.405 e. The highest BCUT2D eigenvalue weighted by atomic mass is 32.2. The summed E-state index contributed by atoms with van der Waals surface area (Å²) in [7, 11) is -4.18. The summed E-state index contributed by atoms with van der Waals surface area (Å²) >= 11 is 0. The summed E-state index contributed by atoms with van der Waals surface area (Å²) in [6, 6.07) is 12.4. The van der Waals surface area contributed by atoms with Crippen LogP contribution in [-0.4, -0.2) is 33.1 Å². The highest BCUT2D eigenvalue weighted by Crippen LogP contribution is 2.27. The number of carbonyl (C=O) groups is 1. The Morgan fingerprint density at radius 1 is 1.11 bits per heavy atom. The van der Waals surface area contributed by atoms with Crippen molar-refractivity contribution in [3.63, 3.8) is 0 Å². The molecule has 1 amide bonds. The van der Waals surface area contributed by atoms with E-state index in [1.54, 1.807) is 36.5 Å². The van der Waals surface area contributed by atoms with Gasteiger partial charge in [-0.2, -0.15) is 13.2 Å². The van der Waals surface area contributed by atoms with Crippen molar-refractivity contribution in [1.29, 1.82) is 0 Å². The molecule has 146 valence electrons. The Kier molecular flexibility index (Phi) is 6.15. The molecule has 0 bridgehead atoms. The zero-order valence-corrected chi connectivity index (χ0v) is 15.5. The minimum absolute atomic E-state index is 0.0676. The van der Waals surface area contributed by atoms with Gasteiger partial charge in [-0.25, -0.2) is 8.42 Å². The van der Waals surface area contributed by atoms with E-state index in [4.69, 9.17) is 0 Å². The molecule has 0 aliphatic heterocycles. The van der Waals surface area contributed by atoms with Gasteiger partial charge in [0.1, 0.15) is 12.6 Å². The van der Waals surface area contributed by atoms with Gasteiger partial charge in [-0.05, 0) is 43.7 Å². The number of sulfonamides is 1. The summed E-state index contributed by atoms with van der Waals surface area (Å²) in [5.74, 6) is -1.05. The number of hydrogen-bond acceptors (Lipinski definition) is 3. The molecule has 5 nitrogen and oxygen atoms in total. The van der Waals surface area contributed by atoms with Gasteiger partial charge >= 0.3 is 6.18 Å². The number of nitrogens with zero attached hydrogens (tertiary/aromatic N) is 1. The third-order valence-electron chi connectivity index (χ3n) is 3.75. The van der Waals surface area contributed by atoms with E-state index in [1.165, 1.54) is 37.3 Å². The average Bonchev–Trinajstić information content (AvgIpc) is 2.59. The molecule has 27 heavy (non-hydrogen) atoms. The quantitative estimate of drug-likeness (QED) is 0.810. The van der Waals surface area contributed by atoms with Crippen LogP contribution in [0.5, 0.6) is 0 Å². The number of aryl methyl sites for hydroxylation is 1. The fraction of sp³-hybridized carbons (Fsp3) is 0.278. The van der Waals surface area contributed by atoms with E-state index in [-0.39, 0.29) is 10.6 Å². The van der Waals surface area contributed by atoms with Gasteiger partial charge in [-0.3, -0.25) is 9.10 Å². The zero-order chi connectivity index (χ0) is 20.2. The first-order valence-corrected chi connectivity index (χ1v) is 9.47. The van der Waals surface area contributed by atoms with Gasteiger partial charge in [-0.15, -0.1) is 0 Å². The molecule has 0 aliphatic carbocycles. The Morgan fingerprint density at radius 3 is 2.30 bits per heavy atom. The maximum atomic E-state index is 13.1. The molecule has 1 atom stereocenters. The van der Waals surface area contributed by atoms with Gasteiger partial charge in [0.2, 0.25) is 5.91 Å². The number of amides is 1. The summed E-state index contributed by atoms with van der Waals surface area (Å²) < 4.78 is 64.3. The Morgan fingerprint density at radius 2 is 1.74 bits per heavy atom. The third-order valence-corrected chi connectivity index (χ3v) is 5.66. The second-order valence-corrected chi connectivity index (χ2v) is 7.78. The number of anilines is 1. The molecule has 0 radical (unpaired) electrons. The van der Waals surface area contributed by atoms with Crippen LogP contribution >= 0.6 is 0 Å². The monoisotopic (exact) mass is 400 g/mol. The van der Waals surface area contributed by atoms with Gasteiger partial charge in [0.05, 0.1) is 10.6 Å². The minimum atomic E-state index is -4.60. The highest BCUT2D eigenvalue weighted by Gasteiger charge is 2.35. The fourth-order valence-electron chi connectivity index (χ4n) is 2.48. The van der Waals surface area contributed by atoms with Crippen molar-refractivity contribution in [2.45, 2.75) is 31.0 Å². The molecule has 0 heterocycles. The Hall–Kier alpha value is -2.55. The lowest BCUT2D eigenvalue weighted by Gasteiger charge is -2.30. The van der Waals surface area contributed by atoms with Crippen molar-refractivity contribution in [2.75, 3.05) is 10.8 Å². The SMILES string of the molecule is Cc1cccc(N(C(C)C(=O)NCC(F)(F)F)S(=O)(=O)c2ccccc2)c1.